The smallest absolute Gasteiger partial charge is 0.179 e. The van der Waals surface area contributed by atoms with Gasteiger partial charge in [0.15, 0.2) is 5.82 Å². The lowest BCUT2D eigenvalue weighted by molar-refractivity contribution is 0.825. The third-order valence-corrected chi connectivity index (χ3v) is 2.50. The van der Waals surface area contributed by atoms with Gasteiger partial charge in [-0.25, -0.2) is 14.2 Å². The van der Waals surface area contributed by atoms with E-state index in [2.05, 4.69) is 31.1 Å². The van der Waals surface area contributed by atoms with E-state index in [9.17, 15) is 0 Å². The monoisotopic (exact) mass is 263 g/mol. The summed E-state index contributed by atoms with van der Waals surface area (Å²) in [6, 6.07) is 3.76. The summed E-state index contributed by atoms with van der Waals surface area (Å²) in [6.45, 7) is 0. The Labute approximate surface area is 93.5 Å². The quantitative estimate of drug-likeness (QED) is 0.671. The second-order valence-electron chi connectivity index (χ2n) is 2.99. The predicted molar refractivity (Wildman–Crippen MR) is 57.8 cm³/mol. The molecule has 6 heteroatoms. The lowest BCUT2D eigenvalue weighted by atomic mass is 10.5. The van der Waals surface area contributed by atoms with Crippen LogP contribution in [0.4, 0.5) is 0 Å². The molecule has 3 rings (SSSR count). The Morgan fingerprint density at radius 3 is 2.87 bits per heavy atom. The fourth-order valence-electron chi connectivity index (χ4n) is 1.44. The highest BCUT2D eigenvalue weighted by Gasteiger charge is 2.06. The van der Waals surface area contributed by atoms with Gasteiger partial charge in [-0.15, -0.1) is 0 Å². The van der Waals surface area contributed by atoms with Gasteiger partial charge in [0.2, 0.25) is 0 Å². The highest BCUT2D eigenvalue weighted by atomic mass is 79.9. The molecule has 0 aliphatic heterocycles. The van der Waals surface area contributed by atoms with Crippen LogP contribution in [0.3, 0.4) is 0 Å². The number of aromatic nitrogens is 5. The third-order valence-electron chi connectivity index (χ3n) is 2.08. The van der Waals surface area contributed by atoms with Crippen molar-refractivity contribution < 1.29 is 0 Å². The van der Waals surface area contributed by atoms with E-state index in [4.69, 9.17) is 0 Å². The molecule has 5 nitrogen and oxygen atoms in total. The molecule has 0 saturated carbocycles. The van der Waals surface area contributed by atoms with Crippen molar-refractivity contribution in [1.82, 2.24) is 24.4 Å². The summed E-state index contributed by atoms with van der Waals surface area (Å²) < 4.78 is 4.25. The average molecular weight is 264 g/mol. The molecule has 3 heterocycles. The SMILES string of the molecule is Brc1ccn(-c2nccn3nccc23)n1. The molecule has 0 N–H and O–H groups in total. The maximum atomic E-state index is 4.28. The van der Waals surface area contributed by atoms with Crippen molar-refractivity contribution in [3.05, 3.63) is 41.5 Å². The van der Waals surface area contributed by atoms with E-state index >= 15 is 0 Å². The molecule has 15 heavy (non-hydrogen) atoms. The maximum absolute atomic E-state index is 4.28. The van der Waals surface area contributed by atoms with Crippen molar-refractivity contribution >= 4 is 21.4 Å². The van der Waals surface area contributed by atoms with E-state index in [1.807, 2.05) is 18.3 Å². The third kappa shape index (κ3) is 1.33. The summed E-state index contributed by atoms with van der Waals surface area (Å²) in [5, 5.41) is 8.38. The molecule has 0 aromatic carbocycles. The van der Waals surface area contributed by atoms with Gasteiger partial charge in [-0.3, -0.25) is 0 Å². The van der Waals surface area contributed by atoms with Crippen LogP contribution in [0.15, 0.2) is 41.5 Å². The van der Waals surface area contributed by atoms with Crippen molar-refractivity contribution in [3.63, 3.8) is 0 Å². The molecule has 0 spiro atoms. The van der Waals surface area contributed by atoms with Crippen molar-refractivity contribution in [2.24, 2.45) is 0 Å². The minimum Gasteiger partial charge on any atom is -0.236 e. The molecule has 0 aliphatic rings. The zero-order chi connectivity index (χ0) is 10.3. The van der Waals surface area contributed by atoms with Crippen LogP contribution in [-0.2, 0) is 0 Å². The molecule has 3 aromatic rings. The zero-order valence-electron chi connectivity index (χ0n) is 7.58. The largest absolute Gasteiger partial charge is 0.236 e. The Bertz CT molecular complexity index is 612. The van der Waals surface area contributed by atoms with Gasteiger partial charge >= 0.3 is 0 Å². The van der Waals surface area contributed by atoms with Crippen LogP contribution in [-0.4, -0.2) is 24.4 Å². The Kier molecular flexibility index (Phi) is 1.81. The Morgan fingerprint density at radius 2 is 2.07 bits per heavy atom. The summed E-state index contributed by atoms with van der Waals surface area (Å²) in [5.41, 5.74) is 0.924. The molecule has 0 bridgehead atoms. The molecule has 0 radical (unpaired) electrons. The summed E-state index contributed by atoms with van der Waals surface area (Å²) >= 11 is 3.30. The van der Waals surface area contributed by atoms with Crippen molar-refractivity contribution in [3.8, 4) is 5.82 Å². The van der Waals surface area contributed by atoms with E-state index in [1.165, 1.54) is 0 Å². The normalized spacial score (nSPS) is 11.0. The second kappa shape index (κ2) is 3.16. The molecule has 3 aromatic heterocycles. The molecular formula is C9H6BrN5. The molecule has 74 valence electrons. The minimum absolute atomic E-state index is 0.765. The van der Waals surface area contributed by atoms with Gasteiger partial charge in [0.1, 0.15) is 10.1 Å². The van der Waals surface area contributed by atoms with E-state index < -0.39 is 0 Å². The van der Waals surface area contributed by atoms with Gasteiger partial charge in [0.25, 0.3) is 0 Å². The van der Waals surface area contributed by atoms with Crippen LogP contribution in [0.25, 0.3) is 11.3 Å². The van der Waals surface area contributed by atoms with Crippen LogP contribution in [0.1, 0.15) is 0 Å². The number of rotatable bonds is 1. The highest BCUT2D eigenvalue weighted by molar-refractivity contribution is 9.10. The Morgan fingerprint density at radius 1 is 1.13 bits per heavy atom. The predicted octanol–water partition coefficient (Wildman–Crippen LogP) is 1.68. The van der Waals surface area contributed by atoms with Crippen molar-refractivity contribution in [2.45, 2.75) is 0 Å². The summed E-state index contributed by atoms with van der Waals surface area (Å²) in [6.07, 6.45) is 7.08. The molecule has 0 amide bonds. The van der Waals surface area contributed by atoms with E-state index in [-0.39, 0.29) is 0 Å². The number of hydrogen-bond acceptors (Lipinski definition) is 3. The van der Waals surface area contributed by atoms with Crippen LogP contribution >= 0.6 is 15.9 Å². The summed E-state index contributed by atoms with van der Waals surface area (Å²) in [5.74, 6) is 0.765. The van der Waals surface area contributed by atoms with Crippen molar-refractivity contribution in [2.75, 3.05) is 0 Å². The first-order valence-corrected chi connectivity index (χ1v) is 5.14. The molecule has 0 unspecified atom stereocenters. The first kappa shape index (κ1) is 8.60. The molecule has 0 saturated heterocycles. The minimum atomic E-state index is 0.765. The van der Waals surface area contributed by atoms with Gasteiger partial charge in [-0.2, -0.15) is 10.2 Å². The molecule has 0 fully saturated rings. The van der Waals surface area contributed by atoms with E-state index in [0.29, 0.717) is 0 Å². The van der Waals surface area contributed by atoms with Crippen LogP contribution < -0.4 is 0 Å². The van der Waals surface area contributed by atoms with Crippen molar-refractivity contribution in [1.29, 1.82) is 0 Å². The van der Waals surface area contributed by atoms with E-state index in [1.54, 1.807) is 27.8 Å². The number of nitrogens with zero attached hydrogens (tertiary/aromatic N) is 5. The van der Waals surface area contributed by atoms with Gasteiger partial charge in [0, 0.05) is 18.6 Å². The first-order chi connectivity index (χ1) is 7.34. The van der Waals surface area contributed by atoms with Gasteiger partial charge in [-0.05, 0) is 28.1 Å². The lowest BCUT2D eigenvalue weighted by Crippen LogP contribution is -2.01. The van der Waals surface area contributed by atoms with Crippen LogP contribution in [0.5, 0.6) is 0 Å². The van der Waals surface area contributed by atoms with Gasteiger partial charge in [-0.1, -0.05) is 0 Å². The average Bonchev–Trinajstić information content (AvgIpc) is 2.84. The molecule has 0 atom stereocenters. The molecule has 0 aliphatic carbocycles. The highest BCUT2D eigenvalue weighted by Crippen LogP contribution is 2.13. The summed E-state index contributed by atoms with van der Waals surface area (Å²) in [7, 11) is 0. The maximum Gasteiger partial charge on any atom is 0.179 e. The van der Waals surface area contributed by atoms with Crippen LogP contribution in [0.2, 0.25) is 0 Å². The van der Waals surface area contributed by atoms with E-state index in [0.717, 1.165) is 15.9 Å². The van der Waals surface area contributed by atoms with Crippen LogP contribution in [0, 0.1) is 0 Å². The number of fused-ring (bicyclic) bond motifs is 1. The number of halogens is 1. The fraction of sp³-hybridized carbons (Fsp3) is 0. The standard InChI is InChI=1S/C9H6BrN5/c10-8-2-5-15(13-8)9-7-1-3-12-14(7)6-4-11-9/h1-6H. The second-order valence-corrected chi connectivity index (χ2v) is 3.81. The topological polar surface area (TPSA) is 48.0 Å². The first-order valence-electron chi connectivity index (χ1n) is 4.34. The lowest BCUT2D eigenvalue weighted by Gasteiger charge is -2.01. The fourth-order valence-corrected chi connectivity index (χ4v) is 1.73. The summed E-state index contributed by atoms with van der Waals surface area (Å²) in [4.78, 5) is 4.28. The van der Waals surface area contributed by atoms with Gasteiger partial charge < -0.3 is 0 Å². The Hall–Kier alpha value is -1.69. The number of hydrogen-bond donors (Lipinski definition) is 0. The Balaban J connectivity index is 2.30. The van der Waals surface area contributed by atoms with Gasteiger partial charge in [0.05, 0.1) is 6.20 Å². The zero-order valence-corrected chi connectivity index (χ0v) is 9.16. The molecular weight excluding hydrogens is 258 g/mol.